The fourth-order valence-corrected chi connectivity index (χ4v) is 1.29. The Hall–Kier alpha value is -2.06. The summed E-state index contributed by atoms with van der Waals surface area (Å²) in [7, 11) is 1.54. The molecule has 1 N–H and O–H groups in total. The van der Waals surface area contributed by atoms with Crippen molar-refractivity contribution in [2.24, 2.45) is 0 Å². The van der Waals surface area contributed by atoms with Crippen molar-refractivity contribution in [2.75, 3.05) is 20.3 Å². The molecule has 0 aliphatic heterocycles. The maximum Gasteiger partial charge on any atom is 0.314 e. The Labute approximate surface area is 103 Å². The van der Waals surface area contributed by atoms with Crippen molar-refractivity contribution in [3.63, 3.8) is 0 Å². The molecule has 0 radical (unpaired) electrons. The molecule has 2 aromatic heterocycles. The number of hydroxylamine groups is 1. The Kier molecular flexibility index (Phi) is 3.80. The van der Waals surface area contributed by atoms with Crippen LogP contribution in [0.25, 0.3) is 5.78 Å². The van der Waals surface area contributed by atoms with Crippen LogP contribution < -0.4 is 5.48 Å². The monoisotopic (exact) mass is 251 g/mol. The van der Waals surface area contributed by atoms with Crippen molar-refractivity contribution < 1.29 is 14.4 Å². The van der Waals surface area contributed by atoms with Gasteiger partial charge in [0.25, 0.3) is 5.78 Å². The zero-order valence-corrected chi connectivity index (χ0v) is 10.1. The van der Waals surface area contributed by atoms with Gasteiger partial charge in [-0.15, -0.1) is 5.10 Å². The molecule has 1 amide bonds. The highest BCUT2D eigenvalue weighted by Crippen LogP contribution is 2.01. The fourth-order valence-electron chi connectivity index (χ4n) is 1.29. The Morgan fingerprint density at radius 1 is 1.50 bits per heavy atom. The summed E-state index contributed by atoms with van der Waals surface area (Å²) >= 11 is 0. The molecule has 2 heterocycles. The van der Waals surface area contributed by atoms with E-state index in [1.165, 1.54) is 4.52 Å². The number of rotatable bonds is 5. The Balaban J connectivity index is 2.06. The molecular weight excluding hydrogens is 238 g/mol. The zero-order chi connectivity index (χ0) is 13.0. The van der Waals surface area contributed by atoms with Gasteiger partial charge in [0, 0.05) is 19.0 Å². The van der Waals surface area contributed by atoms with E-state index in [1.54, 1.807) is 19.4 Å². The highest BCUT2D eigenvalue weighted by molar-refractivity contribution is 5.89. The van der Waals surface area contributed by atoms with Gasteiger partial charge in [-0.25, -0.2) is 15.0 Å². The summed E-state index contributed by atoms with van der Waals surface area (Å²) in [6.07, 6.45) is 1.61. The average molecular weight is 251 g/mol. The molecule has 18 heavy (non-hydrogen) atoms. The standard InChI is InChI=1S/C10H13N5O3/c1-7-3-4-11-10-12-8(13-15(7)10)9(16)14-18-6-5-17-2/h3-4H,5-6H2,1-2H3,(H,14,16). The average Bonchev–Trinajstić information content (AvgIpc) is 2.80. The molecule has 0 saturated carbocycles. The first-order valence-corrected chi connectivity index (χ1v) is 5.32. The molecule has 8 heteroatoms. The minimum absolute atomic E-state index is 0.00853. The smallest absolute Gasteiger partial charge is 0.314 e. The van der Waals surface area contributed by atoms with Crippen molar-refractivity contribution in [3.05, 3.63) is 23.8 Å². The van der Waals surface area contributed by atoms with E-state index in [0.29, 0.717) is 12.4 Å². The quantitative estimate of drug-likeness (QED) is 0.581. The van der Waals surface area contributed by atoms with E-state index in [0.717, 1.165) is 5.69 Å². The predicted octanol–water partition coefficient (Wildman–Crippen LogP) is -0.259. The van der Waals surface area contributed by atoms with Crippen molar-refractivity contribution >= 4 is 11.7 Å². The molecule has 0 aromatic carbocycles. The van der Waals surface area contributed by atoms with Gasteiger partial charge in [0.05, 0.1) is 13.2 Å². The van der Waals surface area contributed by atoms with Crippen LogP contribution in [0.5, 0.6) is 0 Å². The number of fused-ring (bicyclic) bond motifs is 1. The normalized spacial score (nSPS) is 10.8. The molecule has 0 aliphatic rings. The predicted molar refractivity (Wildman–Crippen MR) is 60.8 cm³/mol. The molecule has 0 atom stereocenters. The highest BCUT2D eigenvalue weighted by Gasteiger charge is 2.14. The molecule has 0 fully saturated rings. The van der Waals surface area contributed by atoms with Crippen LogP contribution in [-0.4, -0.2) is 45.8 Å². The van der Waals surface area contributed by atoms with Gasteiger partial charge in [-0.1, -0.05) is 0 Å². The van der Waals surface area contributed by atoms with E-state index >= 15 is 0 Å². The molecule has 0 bridgehead atoms. The Morgan fingerprint density at radius 2 is 2.33 bits per heavy atom. The summed E-state index contributed by atoms with van der Waals surface area (Å²) in [5, 5.41) is 4.03. The van der Waals surface area contributed by atoms with Crippen molar-refractivity contribution in [2.45, 2.75) is 6.92 Å². The minimum Gasteiger partial charge on any atom is -0.382 e. The number of aryl methyl sites for hydroxylation is 1. The van der Waals surface area contributed by atoms with E-state index in [2.05, 4.69) is 20.5 Å². The summed E-state index contributed by atoms with van der Waals surface area (Å²) in [5.41, 5.74) is 3.07. The number of nitrogens with one attached hydrogen (secondary N) is 1. The number of aromatic nitrogens is 4. The van der Waals surface area contributed by atoms with Gasteiger partial charge < -0.3 is 4.74 Å². The van der Waals surface area contributed by atoms with Crippen LogP contribution in [0.2, 0.25) is 0 Å². The highest BCUT2D eigenvalue weighted by atomic mass is 16.7. The van der Waals surface area contributed by atoms with E-state index < -0.39 is 5.91 Å². The summed E-state index contributed by atoms with van der Waals surface area (Å²) in [4.78, 5) is 24.5. The van der Waals surface area contributed by atoms with Gasteiger partial charge in [-0.3, -0.25) is 9.63 Å². The number of amides is 1. The lowest BCUT2D eigenvalue weighted by Gasteiger charge is -2.01. The zero-order valence-electron chi connectivity index (χ0n) is 10.1. The van der Waals surface area contributed by atoms with E-state index in [9.17, 15) is 4.79 Å². The van der Waals surface area contributed by atoms with Crippen molar-refractivity contribution in [1.29, 1.82) is 0 Å². The van der Waals surface area contributed by atoms with Crippen molar-refractivity contribution in [1.82, 2.24) is 25.1 Å². The van der Waals surface area contributed by atoms with Gasteiger partial charge in [0.2, 0.25) is 5.82 Å². The van der Waals surface area contributed by atoms with Crippen LogP contribution in [0.3, 0.4) is 0 Å². The molecule has 0 saturated heterocycles. The number of carbonyl (C=O) groups is 1. The molecular formula is C10H13N5O3. The summed E-state index contributed by atoms with van der Waals surface area (Å²) in [6.45, 7) is 2.49. The van der Waals surface area contributed by atoms with Crippen LogP contribution in [-0.2, 0) is 9.57 Å². The second kappa shape index (κ2) is 5.52. The number of hydrogen-bond acceptors (Lipinski definition) is 6. The molecule has 96 valence electrons. The first-order chi connectivity index (χ1) is 8.72. The maximum atomic E-state index is 11.6. The lowest BCUT2D eigenvalue weighted by atomic mass is 10.5. The number of ether oxygens (including phenoxy) is 1. The lowest BCUT2D eigenvalue weighted by Crippen LogP contribution is -2.26. The molecule has 0 aliphatic carbocycles. The van der Waals surface area contributed by atoms with Crippen LogP contribution in [0.1, 0.15) is 16.3 Å². The molecule has 8 nitrogen and oxygen atoms in total. The second-order valence-corrected chi connectivity index (χ2v) is 3.51. The first-order valence-electron chi connectivity index (χ1n) is 5.32. The Morgan fingerprint density at radius 3 is 3.06 bits per heavy atom. The van der Waals surface area contributed by atoms with Crippen LogP contribution in [0.15, 0.2) is 12.3 Å². The minimum atomic E-state index is -0.518. The third kappa shape index (κ3) is 2.60. The second-order valence-electron chi connectivity index (χ2n) is 3.51. The summed E-state index contributed by atoms with van der Waals surface area (Å²) in [6, 6.07) is 1.78. The van der Waals surface area contributed by atoms with E-state index in [1.807, 2.05) is 6.92 Å². The Bertz CT molecular complexity index is 553. The lowest BCUT2D eigenvalue weighted by molar-refractivity contribution is 0.00826. The van der Waals surface area contributed by atoms with Gasteiger partial charge in [-0.05, 0) is 13.0 Å². The molecule has 0 spiro atoms. The number of carbonyl (C=O) groups excluding carboxylic acids is 1. The van der Waals surface area contributed by atoms with Gasteiger partial charge >= 0.3 is 5.91 Å². The third-order valence-electron chi connectivity index (χ3n) is 2.19. The molecule has 2 aromatic rings. The van der Waals surface area contributed by atoms with E-state index in [4.69, 9.17) is 9.57 Å². The molecule has 2 rings (SSSR count). The van der Waals surface area contributed by atoms with Crippen LogP contribution >= 0.6 is 0 Å². The van der Waals surface area contributed by atoms with Gasteiger partial charge in [0.1, 0.15) is 0 Å². The van der Waals surface area contributed by atoms with E-state index in [-0.39, 0.29) is 12.4 Å². The van der Waals surface area contributed by atoms with Gasteiger partial charge in [-0.2, -0.15) is 4.98 Å². The molecule has 0 unspecified atom stereocenters. The van der Waals surface area contributed by atoms with Crippen LogP contribution in [0, 0.1) is 6.92 Å². The SMILES string of the molecule is COCCONC(=O)c1nc2nccc(C)n2n1. The number of methoxy groups -OCH3 is 1. The maximum absolute atomic E-state index is 11.6. The summed E-state index contributed by atoms with van der Waals surface area (Å²) < 4.78 is 6.26. The summed E-state index contributed by atoms with van der Waals surface area (Å²) in [5.74, 6) is -0.137. The largest absolute Gasteiger partial charge is 0.382 e. The number of nitrogens with zero attached hydrogens (tertiary/aromatic N) is 4. The fraction of sp³-hybridized carbons (Fsp3) is 0.400. The topological polar surface area (TPSA) is 90.6 Å². The van der Waals surface area contributed by atoms with Gasteiger partial charge in [0.15, 0.2) is 0 Å². The van der Waals surface area contributed by atoms with Crippen molar-refractivity contribution in [3.8, 4) is 0 Å². The first kappa shape index (κ1) is 12.4. The number of hydrogen-bond donors (Lipinski definition) is 1. The third-order valence-corrected chi connectivity index (χ3v) is 2.19. The van der Waals surface area contributed by atoms with Crippen LogP contribution in [0.4, 0.5) is 0 Å².